The number of urea groups is 1. The van der Waals surface area contributed by atoms with Crippen molar-refractivity contribution in [2.75, 3.05) is 42.3 Å². The number of fused-ring (bicyclic) bond motifs is 1. The highest BCUT2D eigenvalue weighted by atomic mass is 32.1. The summed E-state index contributed by atoms with van der Waals surface area (Å²) in [5.74, 6) is 0.436. The Labute approximate surface area is 248 Å². The average molecular weight is 580 g/mol. The summed E-state index contributed by atoms with van der Waals surface area (Å²) in [5.41, 5.74) is 19.0. The Hall–Kier alpha value is -4.77. The smallest absolute Gasteiger partial charge is 0.323 e. The first kappa shape index (κ1) is 28.7. The van der Waals surface area contributed by atoms with Gasteiger partial charge in [-0.25, -0.2) is 9.78 Å². The summed E-state index contributed by atoms with van der Waals surface area (Å²) in [5, 5.41) is 11.6. The average Bonchev–Trinajstić information content (AvgIpc) is 3.43. The van der Waals surface area contributed by atoms with Gasteiger partial charge in [0.05, 0.1) is 0 Å². The maximum absolute atomic E-state index is 12.5. The summed E-state index contributed by atoms with van der Waals surface area (Å²) < 4.78 is 1.03. The molecule has 0 aliphatic carbocycles. The zero-order valence-corrected chi connectivity index (χ0v) is 24.3. The Morgan fingerprint density at radius 2 is 1.50 bits per heavy atom. The lowest BCUT2D eigenvalue weighted by Gasteiger charge is -2.11. The number of benzene rings is 3. The lowest BCUT2D eigenvalue weighted by Crippen LogP contribution is -2.20. The van der Waals surface area contributed by atoms with Gasteiger partial charge < -0.3 is 32.3 Å². The number of nitrogens with one attached hydrogen (secondary N) is 3. The van der Waals surface area contributed by atoms with Crippen LogP contribution in [0, 0.1) is 0 Å². The first-order chi connectivity index (χ1) is 20.3. The highest BCUT2D eigenvalue weighted by Crippen LogP contribution is 2.42. The van der Waals surface area contributed by atoms with Crippen molar-refractivity contribution in [3.63, 3.8) is 0 Å². The molecule has 2 aromatic heterocycles. The van der Waals surface area contributed by atoms with Crippen molar-refractivity contribution in [2.45, 2.75) is 13.0 Å². The molecule has 0 aliphatic rings. The van der Waals surface area contributed by atoms with E-state index < -0.39 is 0 Å². The molecule has 0 fully saturated rings. The first-order valence-corrected chi connectivity index (χ1v) is 14.4. The number of amides is 3. The van der Waals surface area contributed by atoms with Gasteiger partial charge in [0.25, 0.3) is 0 Å². The normalized spacial score (nSPS) is 11.0. The maximum atomic E-state index is 12.5. The third-order valence-corrected chi connectivity index (χ3v) is 7.78. The van der Waals surface area contributed by atoms with E-state index in [4.69, 9.17) is 11.5 Å². The molecule has 0 radical (unpaired) electrons. The molecular formula is C32H33N7O2S. The molecule has 7 N–H and O–H groups in total. The summed E-state index contributed by atoms with van der Waals surface area (Å²) in [7, 11) is 3.89. The number of nitrogen functional groups attached to an aromatic ring is 1. The number of nitrogens with two attached hydrogens (primary N) is 2. The Morgan fingerprint density at radius 1 is 0.857 bits per heavy atom. The monoisotopic (exact) mass is 579 g/mol. The number of nitrogens with zero attached hydrogens (tertiary/aromatic N) is 2. The second-order valence-electron chi connectivity index (χ2n) is 10.2. The van der Waals surface area contributed by atoms with Crippen molar-refractivity contribution in [1.82, 2.24) is 9.88 Å². The third-order valence-electron chi connectivity index (χ3n) is 6.76. The zero-order chi connectivity index (χ0) is 29.6. The van der Waals surface area contributed by atoms with Crippen LogP contribution < -0.4 is 27.4 Å². The topological polar surface area (TPSA) is 138 Å². The van der Waals surface area contributed by atoms with Crippen LogP contribution in [0.25, 0.3) is 32.3 Å². The van der Waals surface area contributed by atoms with Gasteiger partial charge in [0.15, 0.2) is 0 Å². The first-order valence-electron chi connectivity index (χ1n) is 13.5. The van der Waals surface area contributed by atoms with E-state index in [0.717, 1.165) is 43.6 Å². The molecule has 5 rings (SSSR count). The number of hydrogen-bond donors (Lipinski definition) is 5. The zero-order valence-electron chi connectivity index (χ0n) is 23.5. The summed E-state index contributed by atoms with van der Waals surface area (Å²) in [6.45, 7) is 1.10. The van der Waals surface area contributed by atoms with Crippen LogP contribution in [0.3, 0.4) is 0 Å². The molecule has 214 valence electrons. The number of anilines is 4. The summed E-state index contributed by atoms with van der Waals surface area (Å²) in [6.07, 6.45) is 2.22. The van der Waals surface area contributed by atoms with Crippen molar-refractivity contribution in [3.05, 3.63) is 89.9 Å². The van der Waals surface area contributed by atoms with E-state index in [2.05, 4.69) is 26.3 Å². The second kappa shape index (κ2) is 12.8. The van der Waals surface area contributed by atoms with Gasteiger partial charge >= 0.3 is 6.03 Å². The predicted octanol–water partition coefficient (Wildman–Crippen LogP) is 6.21. The van der Waals surface area contributed by atoms with Gasteiger partial charge in [0.1, 0.15) is 5.82 Å². The van der Waals surface area contributed by atoms with Crippen LogP contribution in [0.4, 0.5) is 27.7 Å². The molecule has 0 bridgehead atoms. The molecule has 10 heteroatoms. The van der Waals surface area contributed by atoms with Crippen LogP contribution >= 0.6 is 11.3 Å². The highest BCUT2D eigenvalue weighted by Gasteiger charge is 2.16. The number of carbonyl (C=O) groups excluding carboxylic acids is 2. The molecule has 0 aliphatic heterocycles. The quantitative estimate of drug-likeness (QED) is 0.141. The molecule has 42 heavy (non-hydrogen) atoms. The minimum Gasteiger partial charge on any atom is -0.383 e. The van der Waals surface area contributed by atoms with Gasteiger partial charge in [-0.2, -0.15) is 0 Å². The van der Waals surface area contributed by atoms with Crippen LogP contribution in [0.5, 0.6) is 0 Å². The molecule has 0 saturated heterocycles. The summed E-state index contributed by atoms with van der Waals surface area (Å²) >= 11 is 1.60. The summed E-state index contributed by atoms with van der Waals surface area (Å²) in [4.78, 5) is 31.2. The SMILES string of the molecule is CN(C)CCC(=O)Nc1ccc(-c2cnc(N)c3c(-c4ccc(NC(=O)Nc5cccc(CN)c5)cc4)csc23)cc1. The Morgan fingerprint density at radius 3 is 2.17 bits per heavy atom. The minimum atomic E-state index is -0.338. The van der Waals surface area contributed by atoms with E-state index >= 15 is 0 Å². The van der Waals surface area contributed by atoms with Gasteiger partial charge in [-0.3, -0.25) is 4.79 Å². The number of rotatable bonds is 9. The Kier molecular flexibility index (Phi) is 8.77. The molecule has 0 spiro atoms. The molecule has 9 nitrogen and oxygen atoms in total. The van der Waals surface area contributed by atoms with Crippen LogP contribution in [0.15, 0.2) is 84.4 Å². The van der Waals surface area contributed by atoms with E-state index in [9.17, 15) is 9.59 Å². The lowest BCUT2D eigenvalue weighted by atomic mass is 10.0. The number of carbonyl (C=O) groups is 2. The van der Waals surface area contributed by atoms with Gasteiger partial charge in [-0.1, -0.05) is 36.4 Å². The van der Waals surface area contributed by atoms with E-state index in [1.165, 1.54) is 0 Å². The molecule has 5 aromatic rings. The van der Waals surface area contributed by atoms with Gasteiger partial charge in [-0.15, -0.1) is 11.3 Å². The standard InChI is InChI=1S/C32H33N7O2S/c1-39(2)15-14-28(40)36-23-10-6-21(7-11-23)26-18-35-31(34)29-27(19-42-30(26)29)22-8-12-24(13-9-22)37-32(41)38-25-5-3-4-20(16-25)17-33/h3-13,16,18-19H,14-15,17,33H2,1-2H3,(H2,34,35)(H,36,40)(H2,37,38,41). The van der Waals surface area contributed by atoms with Crippen molar-refractivity contribution in [1.29, 1.82) is 0 Å². The van der Waals surface area contributed by atoms with Crippen LogP contribution in [0.1, 0.15) is 12.0 Å². The summed E-state index contributed by atoms with van der Waals surface area (Å²) in [6, 6.07) is 22.4. The number of hydrogen-bond acceptors (Lipinski definition) is 7. The molecule has 0 atom stereocenters. The van der Waals surface area contributed by atoms with E-state index in [0.29, 0.717) is 36.7 Å². The molecule has 3 aromatic carbocycles. The fourth-order valence-corrected chi connectivity index (χ4v) is 5.69. The highest BCUT2D eigenvalue weighted by molar-refractivity contribution is 7.18. The largest absolute Gasteiger partial charge is 0.383 e. The molecule has 2 heterocycles. The van der Waals surface area contributed by atoms with Gasteiger partial charge in [-0.05, 0) is 72.6 Å². The molecule has 0 unspecified atom stereocenters. The minimum absolute atomic E-state index is 0.0185. The van der Waals surface area contributed by atoms with E-state index in [-0.39, 0.29) is 11.9 Å². The Balaban J connectivity index is 1.31. The van der Waals surface area contributed by atoms with Crippen LogP contribution in [0.2, 0.25) is 0 Å². The van der Waals surface area contributed by atoms with Crippen LogP contribution in [-0.4, -0.2) is 42.5 Å². The van der Waals surface area contributed by atoms with Crippen molar-refractivity contribution < 1.29 is 9.59 Å². The molecule has 0 saturated carbocycles. The second-order valence-corrected chi connectivity index (χ2v) is 11.0. The maximum Gasteiger partial charge on any atom is 0.323 e. The molecule has 3 amide bonds. The van der Waals surface area contributed by atoms with Crippen LogP contribution in [-0.2, 0) is 11.3 Å². The molecular weight excluding hydrogens is 546 g/mol. The van der Waals surface area contributed by atoms with Crippen molar-refractivity contribution >= 4 is 56.2 Å². The fourth-order valence-electron chi connectivity index (χ4n) is 4.57. The lowest BCUT2D eigenvalue weighted by molar-refractivity contribution is -0.116. The number of pyridine rings is 1. The Bertz CT molecular complexity index is 1710. The van der Waals surface area contributed by atoms with Crippen molar-refractivity contribution in [2.24, 2.45) is 5.73 Å². The van der Waals surface area contributed by atoms with Gasteiger partial charge in [0, 0.05) is 64.0 Å². The van der Waals surface area contributed by atoms with Gasteiger partial charge in [0.2, 0.25) is 5.91 Å². The van der Waals surface area contributed by atoms with E-state index in [1.54, 1.807) is 17.5 Å². The number of aromatic nitrogens is 1. The predicted molar refractivity (Wildman–Crippen MR) is 174 cm³/mol. The number of thiophene rings is 1. The third kappa shape index (κ3) is 6.74. The van der Waals surface area contributed by atoms with E-state index in [1.807, 2.05) is 91.8 Å². The fraction of sp³-hybridized carbons (Fsp3) is 0.156. The van der Waals surface area contributed by atoms with Crippen molar-refractivity contribution in [3.8, 4) is 22.3 Å².